The summed E-state index contributed by atoms with van der Waals surface area (Å²) in [6.07, 6.45) is -1.36. The molecule has 1 N–H and O–H groups in total. The number of amides is 1. The Morgan fingerprint density at radius 2 is 1.72 bits per heavy atom. The van der Waals surface area contributed by atoms with Crippen LogP contribution in [0.25, 0.3) is 0 Å². The van der Waals surface area contributed by atoms with Crippen LogP contribution in [0.3, 0.4) is 0 Å². The molecule has 6 heteroatoms. The van der Waals surface area contributed by atoms with Gasteiger partial charge < -0.3 is 14.6 Å². The molecule has 1 rings (SSSR count). The molecule has 1 aromatic carbocycles. The second-order valence-corrected chi connectivity index (χ2v) is 7.38. The molecule has 0 fully saturated rings. The second-order valence-electron chi connectivity index (χ2n) is 7.38. The largest absolute Gasteiger partial charge is 0.480 e. The molecule has 1 amide bonds. The molecule has 0 saturated heterocycles. The molecule has 0 spiro atoms. The summed E-state index contributed by atoms with van der Waals surface area (Å²) in [6.45, 7) is 9.22. The van der Waals surface area contributed by atoms with Gasteiger partial charge in [-0.15, -0.1) is 0 Å². The fraction of sp³-hybridized carbons (Fsp3) is 0.579. The van der Waals surface area contributed by atoms with Crippen LogP contribution >= 0.6 is 0 Å². The van der Waals surface area contributed by atoms with E-state index in [-0.39, 0.29) is 12.5 Å². The lowest BCUT2D eigenvalue weighted by Gasteiger charge is -2.34. The highest BCUT2D eigenvalue weighted by atomic mass is 16.6. The van der Waals surface area contributed by atoms with Crippen LogP contribution in [0.4, 0.5) is 4.79 Å². The van der Waals surface area contributed by atoms with Crippen LogP contribution in [0.15, 0.2) is 30.3 Å². The number of carbonyl (C=O) groups excluding carboxylic acids is 1. The first kappa shape index (κ1) is 21.0. The number of benzene rings is 1. The van der Waals surface area contributed by atoms with Gasteiger partial charge in [-0.05, 0) is 32.3 Å². The molecule has 0 aliphatic rings. The van der Waals surface area contributed by atoms with E-state index in [1.165, 1.54) is 7.05 Å². The molecule has 0 saturated carbocycles. The number of carboxylic acids is 1. The average Bonchev–Trinajstić information content (AvgIpc) is 2.49. The zero-order chi connectivity index (χ0) is 19.2. The summed E-state index contributed by atoms with van der Waals surface area (Å²) in [5, 5.41) is 9.68. The van der Waals surface area contributed by atoms with Crippen LogP contribution < -0.4 is 0 Å². The van der Waals surface area contributed by atoms with Gasteiger partial charge in [0.15, 0.2) is 6.04 Å². The van der Waals surface area contributed by atoms with Crippen molar-refractivity contribution in [3.8, 4) is 0 Å². The summed E-state index contributed by atoms with van der Waals surface area (Å²) in [6, 6.07) is 8.36. The van der Waals surface area contributed by atoms with Crippen molar-refractivity contribution in [1.82, 2.24) is 4.90 Å². The Kier molecular flexibility index (Phi) is 7.42. The summed E-state index contributed by atoms with van der Waals surface area (Å²) in [5.41, 5.74) is 0.240. The fourth-order valence-electron chi connectivity index (χ4n) is 2.39. The Balaban J connectivity index is 2.93. The third-order valence-corrected chi connectivity index (χ3v) is 3.61. The Hall–Kier alpha value is -2.08. The van der Waals surface area contributed by atoms with Crippen LogP contribution in [0.2, 0.25) is 0 Å². The third-order valence-electron chi connectivity index (χ3n) is 3.61. The number of carbonyl (C=O) groups is 2. The van der Waals surface area contributed by atoms with Crippen molar-refractivity contribution < 1.29 is 24.2 Å². The van der Waals surface area contributed by atoms with E-state index in [2.05, 4.69) is 0 Å². The van der Waals surface area contributed by atoms with Gasteiger partial charge in [-0.25, -0.2) is 9.59 Å². The topological polar surface area (TPSA) is 76.1 Å². The minimum absolute atomic E-state index is 0.102. The van der Waals surface area contributed by atoms with E-state index in [9.17, 15) is 14.7 Å². The molecule has 0 radical (unpaired) electrons. The summed E-state index contributed by atoms with van der Waals surface area (Å²) < 4.78 is 11.2. The summed E-state index contributed by atoms with van der Waals surface area (Å²) in [7, 11) is 1.42. The van der Waals surface area contributed by atoms with Crippen molar-refractivity contribution >= 4 is 12.1 Å². The normalized spacial score (nSPS) is 14.0. The van der Waals surface area contributed by atoms with Gasteiger partial charge in [0.1, 0.15) is 5.60 Å². The minimum Gasteiger partial charge on any atom is -0.480 e. The smallest absolute Gasteiger partial charge is 0.410 e. The molecule has 25 heavy (non-hydrogen) atoms. The molecule has 0 bridgehead atoms. The molecule has 1 aromatic rings. The van der Waals surface area contributed by atoms with E-state index in [1.807, 2.05) is 44.2 Å². The maximum absolute atomic E-state index is 12.3. The zero-order valence-electron chi connectivity index (χ0n) is 15.9. The predicted octanol–water partition coefficient (Wildman–Crippen LogP) is 3.55. The first-order valence-electron chi connectivity index (χ1n) is 8.37. The Labute approximate surface area is 149 Å². The molecule has 0 aliphatic carbocycles. The number of ether oxygens (including phenoxy) is 2. The standard InChI is InChI=1S/C19H29NO5/c1-13(2)16(24-12-14-10-8-7-9-11-14)15(17(21)22)20(6)18(23)25-19(3,4)5/h7-11,13,15-16H,12H2,1-6H3,(H,21,22)/t15?,16-/m1/s1. The van der Waals surface area contributed by atoms with Gasteiger partial charge >= 0.3 is 12.1 Å². The fourth-order valence-corrected chi connectivity index (χ4v) is 2.39. The Morgan fingerprint density at radius 3 is 2.16 bits per heavy atom. The molecule has 0 aromatic heterocycles. The molecular formula is C19H29NO5. The molecule has 0 heterocycles. The number of aliphatic carboxylic acids is 1. The Bertz CT molecular complexity index is 565. The second kappa shape index (κ2) is 8.85. The highest BCUT2D eigenvalue weighted by Gasteiger charge is 2.38. The monoisotopic (exact) mass is 351 g/mol. The van der Waals surface area contributed by atoms with E-state index >= 15 is 0 Å². The van der Waals surface area contributed by atoms with Crippen molar-refractivity contribution in [3.05, 3.63) is 35.9 Å². The number of nitrogens with zero attached hydrogens (tertiary/aromatic N) is 1. The quantitative estimate of drug-likeness (QED) is 0.813. The summed E-state index contributed by atoms with van der Waals surface area (Å²) >= 11 is 0. The Morgan fingerprint density at radius 1 is 1.16 bits per heavy atom. The van der Waals surface area contributed by atoms with E-state index in [0.717, 1.165) is 10.5 Å². The van der Waals surface area contributed by atoms with Crippen molar-refractivity contribution in [1.29, 1.82) is 0 Å². The SMILES string of the molecule is CC(C)[C@@H](OCc1ccccc1)C(C(=O)O)N(C)C(=O)OC(C)(C)C. The number of carboxylic acid groups (broad SMARTS) is 1. The van der Waals surface area contributed by atoms with E-state index < -0.39 is 29.8 Å². The van der Waals surface area contributed by atoms with Gasteiger partial charge in [-0.1, -0.05) is 44.2 Å². The minimum atomic E-state index is -1.14. The summed E-state index contributed by atoms with van der Waals surface area (Å²) in [4.78, 5) is 25.2. The number of hydrogen-bond donors (Lipinski definition) is 1. The van der Waals surface area contributed by atoms with Crippen molar-refractivity contribution in [2.75, 3.05) is 7.05 Å². The summed E-state index contributed by atoms with van der Waals surface area (Å²) in [5.74, 6) is -1.23. The molecule has 0 aliphatic heterocycles. The number of likely N-dealkylation sites (N-methyl/N-ethyl adjacent to an activating group) is 1. The molecule has 1 unspecified atom stereocenters. The van der Waals surface area contributed by atoms with Gasteiger partial charge in [0, 0.05) is 7.05 Å². The first-order valence-corrected chi connectivity index (χ1v) is 8.37. The zero-order valence-corrected chi connectivity index (χ0v) is 15.9. The average molecular weight is 351 g/mol. The van der Waals surface area contributed by atoms with E-state index in [1.54, 1.807) is 20.8 Å². The van der Waals surface area contributed by atoms with Gasteiger partial charge in [0.05, 0.1) is 12.7 Å². The van der Waals surface area contributed by atoms with Gasteiger partial charge in [0.2, 0.25) is 0 Å². The maximum Gasteiger partial charge on any atom is 0.410 e. The maximum atomic E-state index is 12.3. The molecular weight excluding hydrogens is 322 g/mol. The molecule has 2 atom stereocenters. The highest BCUT2D eigenvalue weighted by molar-refractivity contribution is 5.80. The lowest BCUT2D eigenvalue weighted by Crippen LogP contribution is -2.53. The van der Waals surface area contributed by atoms with E-state index in [4.69, 9.17) is 9.47 Å². The lowest BCUT2D eigenvalue weighted by molar-refractivity contribution is -0.151. The van der Waals surface area contributed by atoms with E-state index in [0.29, 0.717) is 0 Å². The lowest BCUT2D eigenvalue weighted by atomic mass is 9.98. The van der Waals surface area contributed by atoms with Crippen LogP contribution in [0.1, 0.15) is 40.2 Å². The van der Waals surface area contributed by atoms with Gasteiger partial charge in [0.25, 0.3) is 0 Å². The highest BCUT2D eigenvalue weighted by Crippen LogP contribution is 2.20. The van der Waals surface area contributed by atoms with Crippen LogP contribution in [-0.2, 0) is 20.9 Å². The van der Waals surface area contributed by atoms with Crippen molar-refractivity contribution in [2.45, 2.75) is 59.0 Å². The molecule has 140 valence electrons. The predicted molar refractivity (Wildman–Crippen MR) is 95.3 cm³/mol. The first-order chi connectivity index (χ1) is 11.5. The van der Waals surface area contributed by atoms with Crippen LogP contribution in [-0.4, -0.2) is 46.9 Å². The van der Waals surface area contributed by atoms with Gasteiger partial charge in [-0.2, -0.15) is 0 Å². The van der Waals surface area contributed by atoms with Gasteiger partial charge in [-0.3, -0.25) is 4.90 Å². The third kappa shape index (κ3) is 6.74. The van der Waals surface area contributed by atoms with Crippen LogP contribution in [0.5, 0.6) is 0 Å². The van der Waals surface area contributed by atoms with Crippen molar-refractivity contribution in [2.24, 2.45) is 5.92 Å². The number of rotatable bonds is 7. The number of hydrogen-bond acceptors (Lipinski definition) is 4. The van der Waals surface area contributed by atoms with Crippen molar-refractivity contribution in [3.63, 3.8) is 0 Å². The van der Waals surface area contributed by atoms with Crippen LogP contribution in [0, 0.1) is 5.92 Å². The molecule has 6 nitrogen and oxygen atoms in total.